The Bertz CT molecular complexity index is 236. The average Bonchev–Trinajstić information content (AvgIpc) is 2.41. The summed E-state index contributed by atoms with van der Waals surface area (Å²) >= 11 is 0. The van der Waals surface area contributed by atoms with Crippen molar-refractivity contribution in [1.82, 2.24) is 5.32 Å². The van der Waals surface area contributed by atoms with Gasteiger partial charge in [0.25, 0.3) is 0 Å². The Morgan fingerprint density at radius 1 is 0.941 bits per heavy atom. The molecule has 3 aliphatic rings. The summed E-state index contributed by atoms with van der Waals surface area (Å²) in [6.45, 7) is 3.82. The van der Waals surface area contributed by atoms with Crippen molar-refractivity contribution < 1.29 is 9.47 Å². The molecule has 2 aliphatic heterocycles. The molecule has 1 aliphatic carbocycles. The minimum Gasteiger partial charge on any atom is -0.381 e. The van der Waals surface area contributed by atoms with Crippen LogP contribution in [0.5, 0.6) is 0 Å². The third-order valence-corrected chi connectivity index (χ3v) is 4.86. The van der Waals surface area contributed by atoms with Crippen LogP contribution in [0.15, 0.2) is 0 Å². The molecule has 3 nitrogen and oxygen atoms in total. The number of hydrogen-bond acceptors (Lipinski definition) is 3. The number of rotatable bonds is 1. The van der Waals surface area contributed by atoms with Crippen LogP contribution in [0.3, 0.4) is 0 Å². The summed E-state index contributed by atoms with van der Waals surface area (Å²) in [6, 6.07) is 0.584. The zero-order valence-corrected chi connectivity index (χ0v) is 10.7. The van der Waals surface area contributed by atoms with E-state index in [0.29, 0.717) is 6.04 Å². The molecule has 0 aromatic heterocycles. The van der Waals surface area contributed by atoms with Gasteiger partial charge in [0, 0.05) is 25.8 Å². The Kier molecular flexibility index (Phi) is 3.69. The molecule has 3 rings (SSSR count). The molecule has 98 valence electrons. The van der Waals surface area contributed by atoms with Crippen LogP contribution in [0.2, 0.25) is 0 Å². The van der Waals surface area contributed by atoms with Gasteiger partial charge >= 0.3 is 0 Å². The van der Waals surface area contributed by atoms with Crippen molar-refractivity contribution in [2.24, 2.45) is 5.92 Å². The van der Waals surface area contributed by atoms with E-state index in [9.17, 15) is 0 Å². The molecular weight excluding hydrogens is 214 g/mol. The minimum atomic E-state index is 0.165. The van der Waals surface area contributed by atoms with Gasteiger partial charge in [0.2, 0.25) is 0 Å². The molecule has 1 N–H and O–H groups in total. The zero-order chi connectivity index (χ0) is 11.6. The Labute approximate surface area is 104 Å². The summed E-state index contributed by atoms with van der Waals surface area (Å²) in [4.78, 5) is 0. The quantitative estimate of drug-likeness (QED) is 0.760. The van der Waals surface area contributed by atoms with E-state index in [-0.39, 0.29) is 5.60 Å². The van der Waals surface area contributed by atoms with Crippen molar-refractivity contribution in [3.8, 4) is 0 Å². The molecule has 0 radical (unpaired) electrons. The van der Waals surface area contributed by atoms with Gasteiger partial charge in [-0.3, -0.25) is 0 Å². The lowest BCUT2D eigenvalue weighted by molar-refractivity contribution is -0.138. The van der Waals surface area contributed by atoms with Gasteiger partial charge in [-0.1, -0.05) is 19.3 Å². The summed E-state index contributed by atoms with van der Waals surface area (Å²) in [5.74, 6) is 0.766. The second kappa shape index (κ2) is 5.25. The highest BCUT2D eigenvalue weighted by atomic mass is 16.5. The third-order valence-electron chi connectivity index (χ3n) is 4.86. The van der Waals surface area contributed by atoms with Gasteiger partial charge in [0.05, 0.1) is 12.2 Å². The summed E-state index contributed by atoms with van der Waals surface area (Å²) in [5, 5.41) is 3.77. The molecule has 0 bridgehead atoms. The average molecular weight is 239 g/mol. The minimum absolute atomic E-state index is 0.165. The maximum atomic E-state index is 6.27. The molecule has 3 heteroatoms. The van der Waals surface area contributed by atoms with Gasteiger partial charge in [-0.2, -0.15) is 0 Å². The zero-order valence-electron chi connectivity index (χ0n) is 10.7. The predicted octanol–water partition coefficient (Wildman–Crippen LogP) is 2.10. The van der Waals surface area contributed by atoms with Crippen LogP contribution in [0.4, 0.5) is 0 Å². The Balaban J connectivity index is 1.73. The first-order valence-corrected chi connectivity index (χ1v) is 7.36. The lowest BCUT2D eigenvalue weighted by Crippen LogP contribution is -2.62. The summed E-state index contributed by atoms with van der Waals surface area (Å²) < 4.78 is 11.8. The van der Waals surface area contributed by atoms with Crippen LogP contribution in [-0.4, -0.2) is 38.0 Å². The highest BCUT2D eigenvalue weighted by Crippen LogP contribution is 2.40. The standard InChI is InChI=1S/C14H25NO2/c1-2-6-14(7-3-1)13(15-8-11-17-14)12-4-9-16-10-5-12/h12-13,15H,1-11H2. The smallest absolute Gasteiger partial charge is 0.0838 e. The molecule has 1 spiro atoms. The Morgan fingerprint density at radius 3 is 2.47 bits per heavy atom. The fourth-order valence-corrected chi connectivity index (χ4v) is 4.00. The molecule has 1 saturated carbocycles. The van der Waals surface area contributed by atoms with Gasteiger partial charge in [-0.05, 0) is 31.6 Å². The lowest BCUT2D eigenvalue weighted by atomic mass is 9.72. The molecule has 1 atom stereocenters. The van der Waals surface area contributed by atoms with Crippen LogP contribution in [0.1, 0.15) is 44.9 Å². The van der Waals surface area contributed by atoms with Crippen molar-refractivity contribution in [3.05, 3.63) is 0 Å². The highest BCUT2D eigenvalue weighted by Gasteiger charge is 2.46. The SMILES string of the molecule is C1CCC2(CC1)OCCNC2C1CCOCC1. The number of ether oxygens (including phenoxy) is 2. The molecule has 2 saturated heterocycles. The second-order valence-corrected chi connectivity index (χ2v) is 5.86. The first kappa shape index (κ1) is 11.9. The van der Waals surface area contributed by atoms with Crippen LogP contribution in [-0.2, 0) is 9.47 Å². The second-order valence-electron chi connectivity index (χ2n) is 5.86. The largest absolute Gasteiger partial charge is 0.381 e. The monoisotopic (exact) mass is 239 g/mol. The number of morpholine rings is 1. The van der Waals surface area contributed by atoms with E-state index in [1.165, 1.54) is 44.9 Å². The fraction of sp³-hybridized carbons (Fsp3) is 1.00. The van der Waals surface area contributed by atoms with Crippen LogP contribution in [0.25, 0.3) is 0 Å². The van der Waals surface area contributed by atoms with Crippen LogP contribution < -0.4 is 5.32 Å². The molecular formula is C14H25NO2. The van der Waals surface area contributed by atoms with Gasteiger partial charge < -0.3 is 14.8 Å². The van der Waals surface area contributed by atoms with E-state index in [4.69, 9.17) is 9.47 Å². The normalized spacial score (nSPS) is 34.9. The molecule has 0 amide bonds. The van der Waals surface area contributed by atoms with Crippen LogP contribution in [0, 0.1) is 5.92 Å². The summed E-state index contributed by atoms with van der Waals surface area (Å²) in [5.41, 5.74) is 0.165. The van der Waals surface area contributed by atoms with Gasteiger partial charge in [-0.15, -0.1) is 0 Å². The maximum Gasteiger partial charge on any atom is 0.0838 e. The number of nitrogens with one attached hydrogen (secondary N) is 1. The highest BCUT2D eigenvalue weighted by molar-refractivity contribution is 5.01. The van der Waals surface area contributed by atoms with Gasteiger partial charge in [-0.25, -0.2) is 0 Å². The van der Waals surface area contributed by atoms with E-state index in [0.717, 1.165) is 32.3 Å². The molecule has 0 aromatic carbocycles. The fourth-order valence-electron chi connectivity index (χ4n) is 4.00. The van der Waals surface area contributed by atoms with Crippen molar-refractivity contribution in [3.63, 3.8) is 0 Å². The first-order chi connectivity index (χ1) is 8.41. The van der Waals surface area contributed by atoms with Crippen molar-refractivity contribution >= 4 is 0 Å². The third kappa shape index (κ3) is 2.38. The molecule has 2 heterocycles. The van der Waals surface area contributed by atoms with Crippen molar-refractivity contribution in [2.45, 2.75) is 56.6 Å². The first-order valence-electron chi connectivity index (χ1n) is 7.36. The van der Waals surface area contributed by atoms with E-state index >= 15 is 0 Å². The molecule has 0 aromatic rings. The summed E-state index contributed by atoms with van der Waals surface area (Å²) in [6.07, 6.45) is 9.05. The van der Waals surface area contributed by atoms with E-state index in [1.807, 2.05) is 0 Å². The Morgan fingerprint density at radius 2 is 1.71 bits per heavy atom. The molecule has 1 unspecified atom stereocenters. The lowest BCUT2D eigenvalue weighted by Gasteiger charge is -2.50. The molecule has 17 heavy (non-hydrogen) atoms. The molecule has 3 fully saturated rings. The topological polar surface area (TPSA) is 30.5 Å². The van der Waals surface area contributed by atoms with Gasteiger partial charge in [0.15, 0.2) is 0 Å². The van der Waals surface area contributed by atoms with Crippen LogP contribution >= 0.6 is 0 Å². The predicted molar refractivity (Wildman–Crippen MR) is 67.1 cm³/mol. The van der Waals surface area contributed by atoms with Gasteiger partial charge in [0.1, 0.15) is 0 Å². The van der Waals surface area contributed by atoms with E-state index in [1.54, 1.807) is 0 Å². The Hall–Kier alpha value is -0.120. The van der Waals surface area contributed by atoms with E-state index in [2.05, 4.69) is 5.32 Å². The number of hydrogen-bond donors (Lipinski definition) is 1. The van der Waals surface area contributed by atoms with Crippen molar-refractivity contribution in [1.29, 1.82) is 0 Å². The maximum absolute atomic E-state index is 6.27. The summed E-state index contributed by atoms with van der Waals surface area (Å²) in [7, 11) is 0. The van der Waals surface area contributed by atoms with Crippen molar-refractivity contribution in [2.75, 3.05) is 26.4 Å². The van der Waals surface area contributed by atoms with E-state index < -0.39 is 0 Å².